The molecule has 1 saturated heterocycles. The van der Waals surface area contributed by atoms with Crippen LogP contribution in [0.25, 0.3) is 0 Å². The Labute approximate surface area is 125 Å². The summed E-state index contributed by atoms with van der Waals surface area (Å²) in [7, 11) is -3.33. The minimum atomic E-state index is -3.33. The first kappa shape index (κ1) is 16.1. The molecule has 1 aliphatic rings. The summed E-state index contributed by atoms with van der Waals surface area (Å²) in [4.78, 5) is 0. The van der Waals surface area contributed by atoms with E-state index in [1.165, 1.54) is 4.31 Å². The van der Waals surface area contributed by atoms with Gasteiger partial charge in [0.25, 0.3) is 0 Å². The summed E-state index contributed by atoms with van der Waals surface area (Å²) < 4.78 is 37.1. The number of ether oxygens (including phenoxy) is 2. The van der Waals surface area contributed by atoms with Crippen LogP contribution in [0.15, 0.2) is 24.3 Å². The van der Waals surface area contributed by atoms with Gasteiger partial charge in [-0.2, -0.15) is 4.31 Å². The smallest absolute Gasteiger partial charge is 0.217 e. The van der Waals surface area contributed by atoms with Gasteiger partial charge in [0.2, 0.25) is 10.0 Å². The van der Waals surface area contributed by atoms with E-state index >= 15 is 0 Å². The van der Waals surface area contributed by atoms with Crippen molar-refractivity contribution in [2.24, 2.45) is 0 Å². The summed E-state index contributed by atoms with van der Waals surface area (Å²) >= 11 is 0. The predicted octanol–water partition coefficient (Wildman–Crippen LogP) is 1.09. The van der Waals surface area contributed by atoms with Gasteiger partial charge in [-0.3, -0.25) is 0 Å². The van der Waals surface area contributed by atoms with Crippen molar-refractivity contribution in [3.63, 3.8) is 0 Å². The number of hydrogen-bond acceptors (Lipinski definition) is 5. The Hall–Kier alpha value is -1.31. The summed E-state index contributed by atoms with van der Waals surface area (Å²) in [6, 6.07) is 6.94. The molecule has 2 N–H and O–H groups in total. The summed E-state index contributed by atoms with van der Waals surface area (Å²) in [5.74, 6) is 0.523. The van der Waals surface area contributed by atoms with Crippen LogP contribution in [0.5, 0.6) is 5.75 Å². The van der Waals surface area contributed by atoms with E-state index in [1.807, 2.05) is 13.8 Å². The molecule has 0 amide bonds. The highest BCUT2D eigenvalue weighted by Crippen LogP contribution is 2.17. The maximum atomic E-state index is 12.3. The fourth-order valence-electron chi connectivity index (χ4n) is 2.36. The molecular weight excluding hydrogens is 292 g/mol. The van der Waals surface area contributed by atoms with Crippen LogP contribution >= 0.6 is 0 Å². The highest BCUT2D eigenvalue weighted by molar-refractivity contribution is 7.89. The van der Waals surface area contributed by atoms with E-state index in [-0.39, 0.29) is 24.6 Å². The zero-order valence-corrected chi connectivity index (χ0v) is 13.2. The average Bonchev–Trinajstić information content (AvgIpc) is 2.37. The van der Waals surface area contributed by atoms with E-state index in [4.69, 9.17) is 15.2 Å². The largest absolute Gasteiger partial charge is 0.492 e. The van der Waals surface area contributed by atoms with Crippen molar-refractivity contribution in [1.29, 1.82) is 0 Å². The van der Waals surface area contributed by atoms with Crippen LogP contribution in [0, 0.1) is 0 Å². The summed E-state index contributed by atoms with van der Waals surface area (Å²) in [5.41, 5.74) is 6.23. The molecule has 0 aliphatic carbocycles. The van der Waals surface area contributed by atoms with Crippen molar-refractivity contribution in [3.8, 4) is 5.75 Å². The number of benzene rings is 1. The second kappa shape index (κ2) is 6.64. The maximum absolute atomic E-state index is 12.3. The number of nitrogens with two attached hydrogens (primary N) is 1. The molecule has 118 valence electrons. The lowest BCUT2D eigenvalue weighted by Gasteiger charge is -2.34. The predicted molar refractivity (Wildman–Crippen MR) is 81.7 cm³/mol. The van der Waals surface area contributed by atoms with Gasteiger partial charge in [-0.05, 0) is 26.0 Å². The normalized spacial score (nSPS) is 23.9. The van der Waals surface area contributed by atoms with Gasteiger partial charge in [0, 0.05) is 24.8 Å². The third kappa shape index (κ3) is 4.59. The van der Waals surface area contributed by atoms with Gasteiger partial charge in [-0.1, -0.05) is 6.07 Å². The van der Waals surface area contributed by atoms with E-state index in [2.05, 4.69) is 0 Å². The van der Waals surface area contributed by atoms with Crippen LogP contribution in [0.4, 0.5) is 5.69 Å². The molecule has 1 aromatic rings. The van der Waals surface area contributed by atoms with Crippen LogP contribution in [0.1, 0.15) is 13.8 Å². The Balaban J connectivity index is 1.89. The summed E-state index contributed by atoms with van der Waals surface area (Å²) in [6.07, 6.45) is -0.170. The lowest BCUT2D eigenvalue weighted by molar-refractivity contribution is -0.0441. The van der Waals surface area contributed by atoms with E-state index in [1.54, 1.807) is 24.3 Å². The molecule has 1 aliphatic heterocycles. The van der Waals surface area contributed by atoms with Gasteiger partial charge in [0.1, 0.15) is 12.4 Å². The van der Waals surface area contributed by atoms with Gasteiger partial charge in [-0.25, -0.2) is 8.42 Å². The van der Waals surface area contributed by atoms with E-state index in [0.717, 1.165) is 0 Å². The topological polar surface area (TPSA) is 81.9 Å². The Morgan fingerprint density at radius 1 is 1.33 bits per heavy atom. The molecule has 0 saturated carbocycles. The first-order chi connectivity index (χ1) is 9.87. The lowest BCUT2D eigenvalue weighted by Crippen LogP contribution is -2.49. The Morgan fingerprint density at radius 2 is 2.00 bits per heavy atom. The third-order valence-electron chi connectivity index (χ3n) is 3.25. The quantitative estimate of drug-likeness (QED) is 0.823. The number of rotatable bonds is 5. The molecule has 7 heteroatoms. The van der Waals surface area contributed by atoms with Crippen LogP contribution in [-0.2, 0) is 14.8 Å². The van der Waals surface area contributed by atoms with Crippen LogP contribution < -0.4 is 10.5 Å². The van der Waals surface area contributed by atoms with Gasteiger partial charge in [0.05, 0.1) is 18.0 Å². The number of nitrogen functional groups attached to an aromatic ring is 1. The molecular formula is C14H22N2O4S. The van der Waals surface area contributed by atoms with Gasteiger partial charge in [-0.15, -0.1) is 0 Å². The highest BCUT2D eigenvalue weighted by atomic mass is 32.2. The molecule has 1 heterocycles. The lowest BCUT2D eigenvalue weighted by atomic mass is 10.3. The highest BCUT2D eigenvalue weighted by Gasteiger charge is 2.30. The summed E-state index contributed by atoms with van der Waals surface area (Å²) in [5, 5.41) is 0. The van der Waals surface area contributed by atoms with Crippen molar-refractivity contribution < 1.29 is 17.9 Å². The van der Waals surface area contributed by atoms with Crippen molar-refractivity contribution in [2.75, 3.05) is 31.2 Å². The standard InChI is InChI=1S/C14H22N2O4S/c1-11-9-16(10-12(2)20-11)21(17,18)7-6-19-14-5-3-4-13(15)8-14/h3-5,8,11-12H,6-7,9-10,15H2,1-2H3/t11-,12+. The number of hydrogen-bond donors (Lipinski definition) is 1. The van der Waals surface area contributed by atoms with E-state index in [9.17, 15) is 8.42 Å². The molecule has 0 spiro atoms. The molecule has 1 fully saturated rings. The molecule has 0 radical (unpaired) electrons. The first-order valence-electron chi connectivity index (χ1n) is 6.98. The van der Waals surface area contributed by atoms with Crippen molar-refractivity contribution in [1.82, 2.24) is 4.31 Å². The zero-order chi connectivity index (χ0) is 15.5. The molecule has 0 unspecified atom stereocenters. The molecule has 21 heavy (non-hydrogen) atoms. The number of sulfonamides is 1. The number of nitrogens with zero attached hydrogens (tertiary/aromatic N) is 1. The molecule has 1 aromatic carbocycles. The maximum Gasteiger partial charge on any atom is 0.217 e. The second-order valence-electron chi connectivity index (χ2n) is 5.31. The second-order valence-corrected chi connectivity index (χ2v) is 7.40. The Kier molecular flexibility index (Phi) is 5.08. The molecule has 2 rings (SSSR count). The molecule has 0 bridgehead atoms. The minimum Gasteiger partial charge on any atom is -0.492 e. The average molecular weight is 314 g/mol. The summed E-state index contributed by atoms with van der Waals surface area (Å²) in [6.45, 7) is 4.64. The zero-order valence-electron chi connectivity index (χ0n) is 12.4. The van der Waals surface area contributed by atoms with Crippen molar-refractivity contribution >= 4 is 15.7 Å². The van der Waals surface area contributed by atoms with Crippen LogP contribution in [0.2, 0.25) is 0 Å². The monoisotopic (exact) mass is 314 g/mol. The van der Waals surface area contributed by atoms with Gasteiger partial charge >= 0.3 is 0 Å². The minimum absolute atomic E-state index is 0.0543. The molecule has 6 nitrogen and oxygen atoms in total. The fourth-order valence-corrected chi connectivity index (χ4v) is 3.78. The molecule has 2 atom stereocenters. The van der Waals surface area contributed by atoms with Gasteiger partial charge in [0.15, 0.2) is 0 Å². The number of morpholine rings is 1. The fraction of sp³-hybridized carbons (Fsp3) is 0.571. The van der Waals surface area contributed by atoms with Gasteiger partial charge < -0.3 is 15.2 Å². The van der Waals surface area contributed by atoms with Crippen molar-refractivity contribution in [2.45, 2.75) is 26.1 Å². The first-order valence-corrected chi connectivity index (χ1v) is 8.59. The Morgan fingerprint density at radius 3 is 2.62 bits per heavy atom. The van der Waals surface area contributed by atoms with E-state index < -0.39 is 10.0 Å². The third-order valence-corrected chi connectivity index (χ3v) is 5.02. The number of anilines is 1. The Bertz CT molecular complexity index is 566. The molecule has 0 aromatic heterocycles. The van der Waals surface area contributed by atoms with E-state index in [0.29, 0.717) is 24.5 Å². The van der Waals surface area contributed by atoms with Crippen molar-refractivity contribution in [3.05, 3.63) is 24.3 Å². The van der Waals surface area contributed by atoms with Crippen LogP contribution in [0.3, 0.4) is 0 Å². The SMILES string of the molecule is C[C@@H]1CN(S(=O)(=O)CCOc2cccc(N)c2)C[C@H](C)O1. The van der Waals surface area contributed by atoms with Crippen LogP contribution in [-0.4, -0.2) is 50.4 Å².